The van der Waals surface area contributed by atoms with Gasteiger partial charge >= 0.3 is 0 Å². The van der Waals surface area contributed by atoms with Crippen LogP contribution in [-0.4, -0.2) is 51.1 Å². The Kier molecular flexibility index (Phi) is 6.34. The summed E-state index contributed by atoms with van der Waals surface area (Å²) < 4.78 is 5.22. The molecule has 0 spiro atoms. The molecule has 4 nitrogen and oxygen atoms in total. The summed E-state index contributed by atoms with van der Waals surface area (Å²) in [7, 11) is 7.89. The summed E-state index contributed by atoms with van der Waals surface area (Å²) in [5.74, 6) is 0.654. The lowest BCUT2D eigenvalue weighted by molar-refractivity contribution is 0.294. The minimum Gasteiger partial charge on any atom is -0.495 e. The van der Waals surface area contributed by atoms with E-state index in [1.54, 1.807) is 7.11 Å². The quantitative estimate of drug-likeness (QED) is 0.752. The van der Waals surface area contributed by atoms with E-state index in [-0.39, 0.29) is 0 Å². The molecule has 0 aliphatic carbocycles. The largest absolute Gasteiger partial charge is 0.495 e. The van der Waals surface area contributed by atoms with Crippen LogP contribution in [0, 0.1) is 11.3 Å². The molecule has 1 aromatic carbocycles. The Labute approximate surface area is 116 Å². The first-order valence-corrected chi connectivity index (χ1v) is 6.47. The van der Waals surface area contributed by atoms with Crippen molar-refractivity contribution in [3.05, 3.63) is 29.3 Å². The van der Waals surface area contributed by atoms with Crippen molar-refractivity contribution in [2.24, 2.45) is 0 Å². The monoisotopic (exact) mass is 261 g/mol. The molecule has 0 bridgehead atoms. The van der Waals surface area contributed by atoms with E-state index < -0.39 is 0 Å². The van der Waals surface area contributed by atoms with E-state index in [0.29, 0.717) is 11.3 Å². The van der Waals surface area contributed by atoms with Gasteiger partial charge in [-0.1, -0.05) is 6.07 Å². The van der Waals surface area contributed by atoms with Gasteiger partial charge in [-0.3, -0.25) is 0 Å². The lowest BCUT2D eigenvalue weighted by Crippen LogP contribution is -2.23. The minimum atomic E-state index is 0.585. The Hall–Kier alpha value is -1.57. The number of rotatable bonds is 7. The molecule has 1 aromatic rings. The normalized spacial score (nSPS) is 10.8. The standard InChI is InChI=1S/C15H23N3O/c1-17(2)8-5-9-18(3)12-13-6-7-14(11-16)15(10-13)19-4/h6-7,10H,5,8-9,12H2,1-4H3. The van der Waals surface area contributed by atoms with Crippen molar-refractivity contribution in [3.63, 3.8) is 0 Å². The first-order valence-electron chi connectivity index (χ1n) is 6.47. The number of benzene rings is 1. The fourth-order valence-electron chi connectivity index (χ4n) is 1.97. The van der Waals surface area contributed by atoms with Crippen molar-refractivity contribution in [2.45, 2.75) is 13.0 Å². The lowest BCUT2D eigenvalue weighted by Gasteiger charge is -2.18. The third-order valence-electron chi connectivity index (χ3n) is 2.98. The Balaban J connectivity index is 2.55. The van der Waals surface area contributed by atoms with Gasteiger partial charge in [-0.25, -0.2) is 0 Å². The Morgan fingerprint density at radius 1 is 1.21 bits per heavy atom. The fourth-order valence-corrected chi connectivity index (χ4v) is 1.97. The van der Waals surface area contributed by atoms with Crippen LogP contribution < -0.4 is 4.74 Å². The van der Waals surface area contributed by atoms with Crippen LogP contribution in [0.25, 0.3) is 0 Å². The topological polar surface area (TPSA) is 39.5 Å². The van der Waals surface area contributed by atoms with Gasteiger partial charge < -0.3 is 14.5 Å². The summed E-state index contributed by atoms with van der Waals surface area (Å²) in [4.78, 5) is 4.48. The molecule has 104 valence electrons. The molecule has 0 atom stereocenters. The van der Waals surface area contributed by atoms with Gasteiger partial charge in [0, 0.05) is 6.54 Å². The third-order valence-corrected chi connectivity index (χ3v) is 2.98. The van der Waals surface area contributed by atoms with Crippen LogP contribution >= 0.6 is 0 Å². The number of methoxy groups -OCH3 is 1. The highest BCUT2D eigenvalue weighted by Gasteiger charge is 2.06. The van der Waals surface area contributed by atoms with Gasteiger partial charge in [0.1, 0.15) is 11.8 Å². The highest BCUT2D eigenvalue weighted by atomic mass is 16.5. The summed E-state index contributed by atoms with van der Waals surface area (Å²) in [6, 6.07) is 7.89. The molecule has 0 aliphatic heterocycles. The fraction of sp³-hybridized carbons (Fsp3) is 0.533. The van der Waals surface area contributed by atoms with Gasteiger partial charge in [-0.2, -0.15) is 5.26 Å². The molecule has 0 radical (unpaired) electrons. The van der Waals surface area contributed by atoms with Crippen molar-refractivity contribution >= 4 is 0 Å². The van der Waals surface area contributed by atoms with Crippen molar-refractivity contribution in [1.82, 2.24) is 9.80 Å². The van der Waals surface area contributed by atoms with Crippen LogP contribution in [0.15, 0.2) is 18.2 Å². The molecule has 0 heterocycles. The maximum absolute atomic E-state index is 8.95. The number of ether oxygens (including phenoxy) is 1. The second-order valence-corrected chi connectivity index (χ2v) is 5.04. The highest BCUT2D eigenvalue weighted by molar-refractivity contribution is 5.45. The lowest BCUT2D eigenvalue weighted by atomic mass is 10.1. The van der Waals surface area contributed by atoms with Crippen molar-refractivity contribution in [1.29, 1.82) is 5.26 Å². The minimum absolute atomic E-state index is 0.585. The molecular formula is C15H23N3O. The van der Waals surface area contributed by atoms with E-state index in [1.807, 2.05) is 18.2 Å². The van der Waals surface area contributed by atoms with E-state index in [4.69, 9.17) is 10.00 Å². The predicted molar refractivity (Wildman–Crippen MR) is 77.2 cm³/mol. The Bertz CT molecular complexity index is 438. The molecule has 0 saturated carbocycles. The van der Waals surface area contributed by atoms with Crippen LogP contribution in [0.4, 0.5) is 0 Å². The van der Waals surface area contributed by atoms with Crippen LogP contribution in [0.5, 0.6) is 5.75 Å². The van der Waals surface area contributed by atoms with Crippen LogP contribution in [0.2, 0.25) is 0 Å². The maximum atomic E-state index is 8.95. The average molecular weight is 261 g/mol. The van der Waals surface area contributed by atoms with Gasteiger partial charge in [0.05, 0.1) is 12.7 Å². The first kappa shape index (κ1) is 15.5. The molecule has 0 aromatic heterocycles. The molecule has 4 heteroatoms. The average Bonchev–Trinajstić information content (AvgIpc) is 2.38. The van der Waals surface area contributed by atoms with Crippen molar-refractivity contribution in [3.8, 4) is 11.8 Å². The van der Waals surface area contributed by atoms with Crippen LogP contribution in [0.1, 0.15) is 17.5 Å². The number of hydrogen-bond donors (Lipinski definition) is 0. The molecule has 0 unspecified atom stereocenters. The molecule has 0 fully saturated rings. The molecule has 0 amide bonds. The molecule has 0 saturated heterocycles. The summed E-state index contributed by atoms with van der Waals surface area (Å²) in [5, 5.41) is 8.95. The van der Waals surface area contributed by atoms with Gasteiger partial charge in [0.25, 0.3) is 0 Å². The predicted octanol–water partition coefficient (Wildman–Crippen LogP) is 1.95. The van der Waals surface area contributed by atoms with Crippen LogP contribution in [0.3, 0.4) is 0 Å². The Morgan fingerprint density at radius 3 is 2.53 bits per heavy atom. The molecule has 1 rings (SSSR count). The summed E-state index contributed by atoms with van der Waals surface area (Å²) in [6.07, 6.45) is 1.15. The molecule has 0 N–H and O–H groups in total. The molecule has 19 heavy (non-hydrogen) atoms. The summed E-state index contributed by atoms with van der Waals surface area (Å²) in [5.41, 5.74) is 1.75. The highest BCUT2D eigenvalue weighted by Crippen LogP contribution is 2.20. The molecular weight excluding hydrogens is 238 g/mol. The van der Waals surface area contributed by atoms with Gasteiger partial charge in [0.2, 0.25) is 0 Å². The molecule has 0 aliphatic rings. The van der Waals surface area contributed by atoms with E-state index in [9.17, 15) is 0 Å². The van der Waals surface area contributed by atoms with Gasteiger partial charge in [0.15, 0.2) is 0 Å². The van der Waals surface area contributed by atoms with E-state index in [2.05, 4.69) is 37.0 Å². The summed E-state index contributed by atoms with van der Waals surface area (Å²) >= 11 is 0. The first-order chi connectivity index (χ1) is 9.06. The number of nitrogens with zero attached hydrogens (tertiary/aromatic N) is 3. The second kappa shape index (κ2) is 7.78. The van der Waals surface area contributed by atoms with Crippen LogP contribution in [-0.2, 0) is 6.54 Å². The maximum Gasteiger partial charge on any atom is 0.136 e. The van der Waals surface area contributed by atoms with E-state index >= 15 is 0 Å². The zero-order valence-corrected chi connectivity index (χ0v) is 12.3. The van der Waals surface area contributed by atoms with Gasteiger partial charge in [-0.05, 0) is 58.3 Å². The third kappa shape index (κ3) is 5.29. The zero-order chi connectivity index (χ0) is 14.3. The van der Waals surface area contributed by atoms with E-state index in [1.165, 1.54) is 5.56 Å². The zero-order valence-electron chi connectivity index (χ0n) is 12.3. The van der Waals surface area contributed by atoms with E-state index in [0.717, 1.165) is 26.1 Å². The number of hydrogen-bond acceptors (Lipinski definition) is 4. The van der Waals surface area contributed by atoms with Gasteiger partial charge in [-0.15, -0.1) is 0 Å². The summed E-state index contributed by atoms with van der Waals surface area (Å²) in [6.45, 7) is 3.02. The van der Waals surface area contributed by atoms with Crippen molar-refractivity contribution < 1.29 is 4.74 Å². The smallest absolute Gasteiger partial charge is 0.136 e. The second-order valence-electron chi connectivity index (χ2n) is 5.04. The Morgan fingerprint density at radius 2 is 1.95 bits per heavy atom. The van der Waals surface area contributed by atoms with Crippen molar-refractivity contribution in [2.75, 3.05) is 41.3 Å². The SMILES string of the molecule is COc1cc(CN(C)CCCN(C)C)ccc1C#N. The number of nitriles is 1.